The first kappa shape index (κ1) is 20.6. The number of methoxy groups -OCH3 is 1. The van der Waals surface area contributed by atoms with E-state index >= 15 is 0 Å². The third kappa shape index (κ3) is 4.36. The van der Waals surface area contributed by atoms with Crippen LogP contribution in [-0.4, -0.2) is 57.6 Å². The number of nitrogens with zero attached hydrogens (tertiary/aromatic N) is 5. The van der Waals surface area contributed by atoms with Crippen molar-refractivity contribution in [3.63, 3.8) is 0 Å². The van der Waals surface area contributed by atoms with Crippen LogP contribution in [0.4, 0.5) is 5.82 Å². The molecule has 1 saturated carbocycles. The number of phenolic OH excluding ortho intramolecular Hbond substituents is 1. The molecule has 3 heterocycles. The highest BCUT2D eigenvalue weighted by Gasteiger charge is 2.35. The summed E-state index contributed by atoms with van der Waals surface area (Å²) in [5.41, 5.74) is 2.83. The van der Waals surface area contributed by atoms with E-state index in [9.17, 15) is 5.11 Å². The van der Waals surface area contributed by atoms with Crippen LogP contribution in [0.1, 0.15) is 26.2 Å². The number of hydrogen-bond acceptors (Lipinski definition) is 8. The van der Waals surface area contributed by atoms with Gasteiger partial charge in [0.1, 0.15) is 12.1 Å². The van der Waals surface area contributed by atoms with Gasteiger partial charge in [-0.25, -0.2) is 9.97 Å². The maximum atomic E-state index is 10.6. The number of anilines is 1. The van der Waals surface area contributed by atoms with E-state index in [-0.39, 0.29) is 11.3 Å². The number of benzene rings is 1. The van der Waals surface area contributed by atoms with Crippen molar-refractivity contribution in [2.75, 3.05) is 31.6 Å². The lowest BCUT2D eigenvalue weighted by atomic mass is 10.0. The molecule has 5 rings (SSSR count). The molecule has 2 fully saturated rings. The SMILES string of the molecule is COc1cc(-c2ccc(-c3ccc(N4CC[C@](C)(NCC5CC5)C4)nn3)c(O)c2)ncn1. The maximum Gasteiger partial charge on any atom is 0.216 e. The number of aromatic hydroxyl groups is 1. The number of nitrogens with one attached hydrogen (secondary N) is 1. The van der Waals surface area contributed by atoms with E-state index in [1.807, 2.05) is 24.3 Å². The topological polar surface area (TPSA) is 96.3 Å². The molecule has 0 spiro atoms. The van der Waals surface area contributed by atoms with Gasteiger partial charge in [0.15, 0.2) is 5.82 Å². The molecule has 32 heavy (non-hydrogen) atoms. The first-order chi connectivity index (χ1) is 15.5. The van der Waals surface area contributed by atoms with E-state index in [1.54, 1.807) is 19.2 Å². The second-order valence-corrected chi connectivity index (χ2v) is 9.01. The Morgan fingerprint density at radius 3 is 2.72 bits per heavy atom. The second kappa shape index (κ2) is 8.35. The Balaban J connectivity index is 1.29. The fraction of sp³-hybridized carbons (Fsp3) is 0.417. The van der Waals surface area contributed by atoms with Gasteiger partial charge in [-0.1, -0.05) is 6.07 Å². The van der Waals surface area contributed by atoms with Gasteiger partial charge >= 0.3 is 0 Å². The normalized spacial score (nSPS) is 20.5. The molecule has 1 aliphatic carbocycles. The molecule has 2 aliphatic rings. The number of ether oxygens (including phenoxy) is 1. The predicted octanol–water partition coefficient (Wildman–Crippen LogP) is 3.28. The lowest BCUT2D eigenvalue weighted by Crippen LogP contribution is -2.45. The minimum Gasteiger partial charge on any atom is -0.507 e. The summed E-state index contributed by atoms with van der Waals surface area (Å²) < 4.78 is 5.15. The van der Waals surface area contributed by atoms with E-state index in [4.69, 9.17) is 4.74 Å². The number of hydrogen-bond donors (Lipinski definition) is 2. The number of phenols is 1. The Bertz CT molecular complexity index is 1100. The van der Waals surface area contributed by atoms with Crippen molar-refractivity contribution >= 4 is 5.82 Å². The van der Waals surface area contributed by atoms with E-state index in [2.05, 4.69) is 37.3 Å². The average molecular weight is 433 g/mol. The highest BCUT2D eigenvalue weighted by Crippen LogP contribution is 2.34. The lowest BCUT2D eigenvalue weighted by Gasteiger charge is -2.26. The molecule has 8 nitrogen and oxygen atoms in total. The molecule has 166 valence electrons. The molecule has 3 aromatic rings. The van der Waals surface area contributed by atoms with Gasteiger partial charge in [0, 0.05) is 35.8 Å². The smallest absolute Gasteiger partial charge is 0.216 e. The molecule has 0 radical (unpaired) electrons. The van der Waals surface area contributed by atoms with Crippen molar-refractivity contribution < 1.29 is 9.84 Å². The quantitative estimate of drug-likeness (QED) is 0.587. The first-order valence-electron chi connectivity index (χ1n) is 11.1. The predicted molar refractivity (Wildman–Crippen MR) is 123 cm³/mol. The average Bonchev–Trinajstić information content (AvgIpc) is 3.58. The summed E-state index contributed by atoms with van der Waals surface area (Å²) in [5, 5.41) is 23.2. The van der Waals surface area contributed by atoms with Crippen LogP contribution in [0, 0.1) is 5.92 Å². The Morgan fingerprint density at radius 1 is 1.12 bits per heavy atom. The Labute approximate surface area is 187 Å². The summed E-state index contributed by atoms with van der Waals surface area (Å²) in [5.74, 6) is 2.34. The molecular formula is C24H28N6O2. The van der Waals surface area contributed by atoms with E-state index in [0.717, 1.165) is 43.4 Å². The largest absolute Gasteiger partial charge is 0.507 e. The van der Waals surface area contributed by atoms with Crippen molar-refractivity contribution in [2.45, 2.75) is 31.7 Å². The van der Waals surface area contributed by atoms with Crippen molar-refractivity contribution in [1.29, 1.82) is 0 Å². The fourth-order valence-corrected chi connectivity index (χ4v) is 4.17. The van der Waals surface area contributed by atoms with Crippen LogP contribution in [0.3, 0.4) is 0 Å². The third-order valence-electron chi connectivity index (χ3n) is 6.38. The molecule has 1 aliphatic heterocycles. The second-order valence-electron chi connectivity index (χ2n) is 9.01. The molecule has 2 aromatic heterocycles. The Kier molecular flexibility index (Phi) is 5.38. The standard InChI is InChI=1S/C24H28N6O2/c1-24(27-13-16-3-4-16)9-10-30(14-24)22-8-7-19(28-29-22)18-6-5-17(11-21(18)31)20-12-23(32-2)26-15-25-20/h5-8,11-12,15-16,27,31H,3-4,9-10,13-14H2,1-2H3/t24-/m0/s1. The van der Waals surface area contributed by atoms with Gasteiger partial charge in [-0.05, 0) is 62.9 Å². The van der Waals surface area contributed by atoms with Crippen LogP contribution in [0.2, 0.25) is 0 Å². The summed E-state index contributed by atoms with van der Waals surface area (Å²) in [6, 6.07) is 11.0. The van der Waals surface area contributed by atoms with Crippen molar-refractivity contribution in [3.05, 3.63) is 42.7 Å². The van der Waals surface area contributed by atoms with Crippen molar-refractivity contribution in [1.82, 2.24) is 25.5 Å². The zero-order valence-electron chi connectivity index (χ0n) is 18.5. The van der Waals surface area contributed by atoms with E-state index in [0.29, 0.717) is 22.8 Å². The zero-order chi connectivity index (χ0) is 22.1. The highest BCUT2D eigenvalue weighted by molar-refractivity contribution is 5.73. The molecule has 1 aromatic carbocycles. The molecule has 0 bridgehead atoms. The summed E-state index contributed by atoms with van der Waals surface area (Å²) in [7, 11) is 1.56. The Morgan fingerprint density at radius 2 is 2.00 bits per heavy atom. The molecule has 2 N–H and O–H groups in total. The van der Waals surface area contributed by atoms with Crippen LogP contribution in [0.25, 0.3) is 22.5 Å². The van der Waals surface area contributed by atoms with Gasteiger partial charge in [-0.2, -0.15) is 0 Å². The Hall–Kier alpha value is -3.26. The molecular weight excluding hydrogens is 404 g/mol. The summed E-state index contributed by atoms with van der Waals surface area (Å²) in [6.07, 6.45) is 5.26. The van der Waals surface area contributed by atoms with Crippen LogP contribution in [0.5, 0.6) is 11.6 Å². The lowest BCUT2D eigenvalue weighted by molar-refractivity contribution is 0.383. The fourth-order valence-electron chi connectivity index (χ4n) is 4.17. The zero-order valence-corrected chi connectivity index (χ0v) is 18.5. The maximum absolute atomic E-state index is 10.6. The number of rotatable bonds is 7. The first-order valence-corrected chi connectivity index (χ1v) is 11.1. The monoisotopic (exact) mass is 432 g/mol. The summed E-state index contributed by atoms with van der Waals surface area (Å²) >= 11 is 0. The minimum absolute atomic E-state index is 0.125. The minimum atomic E-state index is 0.125. The van der Waals surface area contributed by atoms with Gasteiger partial charge in [0.25, 0.3) is 0 Å². The van der Waals surface area contributed by atoms with Crippen LogP contribution < -0.4 is 15.0 Å². The van der Waals surface area contributed by atoms with E-state index < -0.39 is 0 Å². The van der Waals surface area contributed by atoms with Gasteiger partial charge in [0.05, 0.1) is 18.5 Å². The summed E-state index contributed by atoms with van der Waals surface area (Å²) in [4.78, 5) is 10.6. The highest BCUT2D eigenvalue weighted by atomic mass is 16.5. The van der Waals surface area contributed by atoms with Gasteiger partial charge in [-0.3, -0.25) is 0 Å². The number of aromatic nitrogens is 4. The molecule has 1 saturated heterocycles. The molecule has 8 heteroatoms. The van der Waals surface area contributed by atoms with Crippen LogP contribution in [-0.2, 0) is 0 Å². The van der Waals surface area contributed by atoms with Gasteiger partial charge < -0.3 is 20.1 Å². The molecule has 1 atom stereocenters. The third-order valence-corrected chi connectivity index (χ3v) is 6.38. The van der Waals surface area contributed by atoms with Gasteiger partial charge in [-0.15, -0.1) is 10.2 Å². The van der Waals surface area contributed by atoms with Crippen LogP contribution >= 0.6 is 0 Å². The van der Waals surface area contributed by atoms with Crippen molar-refractivity contribution in [3.8, 4) is 34.1 Å². The van der Waals surface area contributed by atoms with Gasteiger partial charge in [0.2, 0.25) is 5.88 Å². The molecule has 0 amide bonds. The molecule has 0 unspecified atom stereocenters. The summed E-state index contributed by atoms with van der Waals surface area (Å²) in [6.45, 7) is 5.30. The van der Waals surface area contributed by atoms with E-state index in [1.165, 1.54) is 19.2 Å². The van der Waals surface area contributed by atoms with Crippen molar-refractivity contribution in [2.24, 2.45) is 5.92 Å². The van der Waals surface area contributed by atoms with Crippen LogP contribution in [0.15, 0.2) is 42.7 Å².